The number of halogens is 1. The van der Waals surface area contributed by atoms with Crippen molar-refractivity contribution in [3.63, 3.8) is 0 Å². The van der Waals surface area contributed by atoms with Crippen LogP contribution >= 0.6 is 15.9 Å². The molecule has 1 aliphatic rings. The first-order valence-electron chi connectivity index (χ1n) is 8.00. The Morgan fingerprint density at radius 3 is 2.96 bits per heavy atom. The smallest absolute Gasteiger partial charge is 0.228 e. The predicted molar refractivity (Wildman–Crippen MR) is 95.6 cm³/mol. The summed E-state index contributed by atoms with van der Waals surface area (Å²) in [4.78, 5) is 22.5. The second-order valence-corrected chi connectivity index (χ2v) is 6.97. The van der Waals surface area contributed by atoms with Gasteiger partial charge in [0.2, 0.25) is 5.88 Å². The van der Waals surface area contributed by atoms with Crippen LogP contribution in [0.4, 0.5) is 5.69 Å². The van der Waals surface area contributed by atoms with E-state index in [2.05, 4.69) is 39.8 Å². The summed E-state index contributed by atoms with van der Waals surface area (Å²) in [7, 11) is 1.98. The van der Waals surface area contributed by atoms with E-state index in [0.29, 0.717) is 24.5 Å². The number of ketones is 1. The predicted octanol–water partition coefficient (Wildman–Crippen LogP) is 3.90. The number of hydrogen-bond donors (Lipinski definition) is 0. The fourth-order valence-corrected chi connectivity index (χ4v) is 2.90. The fraction of sp³-hybridized carbons (Fsp3) is 0.588. The lowest BCUT2D eigenvalue weighted by molar-refractivity contribution is -0.123. The van der Waals surface area contributed by atoms with Gasteiger partial charge in [-0.05, 0) is 48.2 Å². The summed E-state index contributed by atoms with van der Waals surface area (Å²) < 4.78 is 6.85. The van der Waals surface area contributed by atoms with Crippen molar-refractivity contribution in [2.24, 2.45) is 10.9 Å². The van der Waals surface area contributed by atoms with E-state index in [1.807, 2.05) is 24.9 Å². The Morgan fingerprint density at radius 1 is 1.57 bits per heavy atom. The molecule has 0 bridgehead atoms. The molecule has 0 N–H and O–H groups in total. The molecular formula is C17H24BrN3O2. The van der Waals surface area contributed by atoms with Gasteiger partial charge in [-0.3, -0.25) is 4.79 Å². The summed E-state index contributed by atoms with van der Waals surface area (Å²) in [5, 5.41) is 0. The Hall–Kier alpha value is -1.43. The molecule has 0 saturated heterocycles. The standard InChI is InChI=1S/C17H24BrN3O2/c1-5-21(4)10-19-15-9-14(18)17(20-12(15)3)23-16-7-6-13(22)8-11(16)2/h9-11,16H,5-8H2,1-4H3. The molecule has 1 aromatic heterocycles. The van der Waals surface area contributed by atoms with Gasteiger partial charge in [0.05, 0.1) is 22.2 Å². The lowest BCUT2D eigenvalue weighted by atomic mass is 9.87. The van der Waals surface area contributed by atoms with Crippen molar-refractivity contribution in [3.8, 4) is 5.88 Å². The van der Waals surface area contributed by atoms with Crippen LogP contribution < -0.4 is 4.74 Å². The van der Waals surface area contributed by atoms with Crippen molar-refractivity contribution in [2.45, 2.75) is 46.1 Å². The minimum Gasteiger partial charge on any atom is -0.473 e. The van der Waals surface area contributed by atoms with Crippen LogP contribution in [0.5, 0.6) is 5.88 Å². The van der Waals surface area contributed by atoms with E-state index in [-0.39, 0.29) is 12.0 Å². The molecule has 0 spiro atoms. The molecule has 1 fully saturated rings. The fourth-order valence-electron chi connectivity index (χ4n) is 2.50. The Balaban J connectivity index is 2.13. The van der Waals surface area contributed by atoms with Crippen LogP contribution in [0.25, 0.3) is 0 Å². The van der Waals surface area contributed by atoms with Crippen LogP contribution in [-0.4, -0.2) is 41.7 Å². The van der Waals surface area contributed by atoms with Gasteiger partial charge in [0, 0.05) is 26.4 Å². The Bertz CT molecular complexity index is 604. The van der Waals surface area contributed by atoms with Crippen molar-refractivity contribution < 1.29 is 9.53 Å². The van der Waals surface area contributed by atoms with E-state index in [1.54, 1.807) is 6.34 Å². The normalized spacial score (nSPS) is 21.7. The summed E-state index contributed by atoms with van der Waals surface area (Å²) >= 11 is 3.52. The van der Waals surface area contributed by atoms with E-state index in [9.17, 15) is 4.79 Å². The van der Waals surface area contributed by atoms with Gasteiger partial charge in [0.25, 0.3) is 0 Å². The second-order valence-electron chi connectivity index (χ2n) is 6.11. The van der Waals surface area contributed by atoms with Crippen molar-refractivity contribution in [3.05, 3.63) is 16.2 Å². The molecule has 2 unspecified atom stereocenters. The molecule has 0 radical (unpaired) electrons. The van der Waals surface area contributed by atoms with E-state index < -0.39 is 0 Å². The molecule has 1 saturated carbocycles. The van der Waals surface area contributed by atoms with Crippen LogP contribution in [0.2, 0.25) is 0 Å². The summed E-state index contributed by atoms with van der Waals surface area (Å²) in [5.41, 5.74) is 1.64. The summed E-state index contributed by atoms with van der Waals surface area (Å²) in [6, 6.07) is 1.93. The van der Waals surface area contributed by atoms with Crippen LogP contribution in [-0.2, 0) is 4.79 Å². The third kappa shape index (κ3) is 4.77. The molecule has 0 aromatic carbocycles. The van der Waals surface area contributed by atoms with Gasteiger partial charge in [-0.25, -0.2) is 9.98 Å². The number of Topliss-reactive ketones (excluding diaryl/α,β-unsaturated/α-hetero) is 1. The molecule has 6 heteroatoms. The number of rotatable bonds is 5. The van der Waals surface area contributed by atoms with Gasteiger partial charge < -0.3 is 9.64 Å². The quantitative estimate of drug-likeness (QED) is 0.573. The number of ether oxygens (including phenoxy) is 1. The van der Waals surface area contributed by atoms with Crippen LogP contribution in [0, 0.1) is 12.8 Å². The molecule has 1 heterocycles. The van der Waals surface area contributed by atoms with Gasteiger partial charge in [0.1, 0.15) is 11.9 Å². The topological polar surface area (TPSA) is 54.8 Å². The van der Waals surface area contributed by atoms with Gasteiger partial charge in [0.15, 0.2) is 0 Å². The minimum absolute atomic E-state index is 0.0384. The highest BCUT2D eigenvalue weighted by Gasteiger charge is 2.28. The minimum atomic E-state index is 0.0384. The maximum absolute atomic E-state index is 11.5. The maximum Gasteiger partial charge on any atom is 0.228 e. The van der Waals surface area contributed by atoms with E-state index >= 15 is 0 Å². The first-order valence-corrected chi connectivity index (χ1v) is 8.80. The average Bonchev–Trinajstić information content (AvgIpc) is 2.51. The van der Waals surface area contributed by atoms with Gasteiger partial charge in [-0.2, -0.15) is 0 Å². The molecule has 5 nitrogen and oxygen atoms in total. The van der Waals surface area contributed by atoms with Gasteiger partial charge >= 0.3 is 0 Å². The third-order valence-electron chi connectivity index (χ3n) is 4.16. The summed E-state index contributed by atoms with van der Waals surface area (Å²) in [5.74, 6) is 1.13. The molecule has 1 aromatic rings. The van der Waals surface area contributed by atoms with Crippen molar-refractivity contribution in [1.29, 1.82) is 0 Å². The number of aromatic nitrogens is 1. The highest BCUT2D eigenvalue weighted by atomic mass is 79.9. The number of aryl methyl sites for hydroxylation is 1. The molecule has 2 atom stereocenters. The molecule has 23 heavy (non-hydrogen) atoms. The van der Waals surface area contributed by atoms with Crippen LogP contribution in [0.1, 0.15) is 38.8 Å². The third-order valence-corrected chi connectivity index (χ3v) is 4.72. The average molecular weight is 382 g/mol. The Morgan fingerprint density at radius 2 is 2.30 bits per heavy atom. The van der Waals surface area contributed by atoms with Crippen LogP contribution in [0.3, 0.4) is 0 Å². The number of pyridine rings is 1. The van der Waals surface area contributed by atoms with E-state index in [4.69, 9.17) is 4.74 Å². The monoisotopic (exact) mass is 381 g/mol. The zero-order chi connectivity index (χ0) is 17.0. The second kappa shape index (κ2) is 7.90. The maximum atomic E-state index is 11.5. The summed E-state index contributed by atoms with van der Waals surface area (Å²) in [6.07, 6.45) is 3.78. The number of aliphatic imine (C=N–C) groups is 1. The number of hydrogen-bond acceptors (Lipinski definition) is 4. The zero-order valence-electron chi connectivity index (χ0n) is 14.2. The molecule has 1 aliphatic carbocycles. The molecular weight excluding hydrogens is 358 g/mol. The number of carbonyl (C=O) groups excluding carboxylic acids is 1. The highest BCUT2D eigenvalue weighted by Crippen LogP contribution is 2.33. The summed E-state index contributed by atoms with van der Waals surface area (Å²) in [6.45, 7) is 6.95. The van der Waals surface area contributed by atoms with Gasteiger partial charge in [-0.15, -0.1) is 0 Å². The number of carbonyl (C=O) groups is 1. The highest BCUT2D eigenvalue weighted by molar-refractivity contribution is 9.10. The van der Waals surface area contributed by atoms with Crippen molar-refractivity contribution in [2.75, 3.05) is 13.6 Å². The first-order chi connectivity index (χ1) is 10.9. The first kappa shape index (κ1) is 17.9. The van der Waals surface area contributed by atoms with Gasteiger partial charge in [-0.1, -0.05) is 6.92 Å². The zero-order valence-corrected chi connectivity index (χ0v) is 15.8. The number of nitrogens with zero attached hydrogens (tertiary/aromatic N) is 3. The van der Waals surface area contributed by atoms with Crippen molar-refractivity contribution >= 4 is 33.7 Å². The lowest BCUT2D eigenvalue weighted by Gasteiger charge is -2.28. The largest absolute Gasteiger partial charge is 0.473 e. The Labute approximate surface area is 146 Å². The lowest BCUT2D eigenvalue weighted by Crippen LogP contribution is -2.32. The van der Waals surface area contributed by atoms with E-state index in [1.165, 1.54) is 0 Å². The molecule has 0 amide bonds. The van der Waals surface area contributed by atoms with Crippen molar-refractivity contribution in [1.82, 2.24) is 9.88 Å². The SMILES string of the molecule is CCN(C)C=Nc1cc(Br)c(OC2CCC(=O)CC2C)nc1C. The molecule has 2 rings (SSSR count). The van der Waals surface area contributed by atoms with Crippen LogP contribution in [0.15, 0.2) is 15.5 Å². The molecule has 126 valence electrons. The Kier molecular flexibility index (Phi) is 6.16. The molecule has 0 aliphatic heterocycles. The van der Waals surface area contributed by atoms with E-state index in [0.717, 1.165) is 28.8 Å².